The van der Waals surface area contributed by atoms with E-state index in [1.54, 1.807) is 4.90 Å². The zero-order valence-corrected chi connectivity index (χ0v) is 21.4. The molecule has 0 saturated heterocycles. The molecule has 0 saturated carbocycles. The smallest absolute Gasteiger partial charge is 0.247 e. The summed E-state index contributed by atoms with van der Waals surface area (Å²) < 4.78 is 2.14. The van der Waals surface area contributed by atoms with Crippen LogP contribution in [-0.2, 0) is 9.59 Å². The van der Waals surface area contributed by atoms with Gasteiger partial charge in [-0.1, -0.05) is 69.0 Å². The minimum absolute atomic E-state index is 0.0666. The number of carbonyl (C=O) groups excluding carboxylic acids is 2. The molecule has 4 rings (SSSR count). The molecular formula is C29H34ClN3O2. The number of carbonyl (C=O) groups is 2. The summed E-state index contributed by atoms with van der Waals surface area (Å²) in [6.07, 6.45) is 7.33. The van der Waals surface area contributed by atoms with Gasteiger partial charge in [-0.25, -0.2) is 0 Å². The predicted molar refractivity (Wildman–Crippen MR) is 142 cm³/mol. The van der Waals surface area contributed by atoms with Gasteiger partial charge in [0.2, 0.25) is 11.8 Å². The number of nitrogens with zero attached hydrogens (tertiary/aromatic N) is 3. The Labute approximate surface area is 213 Å². The summed E-state index contributed by atoms with van der Waals surface area (Å²) >= 11 is 6.18. The molecule has 1 unspecified atom stereocenters. The lowest BCUT2D eigenvalue weighted by Gasteiger charge is -2.39. The van der Waals surface area contributed by atoms with Crippen molar-refractivity contribution in [3.8, 4) is 5.69 Å². The van der Waals surface area contributed by atoms with Crippen LogP contribution in [0.2, 0.25) is 5.02 Å². The van der Waals surface area contributed by atoms with E-state index >= 15 is 0 Å². The van der Waals surface area contributed by atoms with Crippen molar-refractivity contribution >= 4 is 29.1 Å². The molecule has 0 bridgehead atoms. The predicted octanol–water partition coefficient (Wildman–Crippen LogP) is 6.78. The number of fused-ring (bicyclic) bond motifs is 3. The van der Waals surface area contributed by atoms with Gasteiger partial charge in [0.15, 0.2) is 0 Å². The first-order chi connectivity index (χ1) is 17.0. The monoisotopic (exact) mass is 491 g/mol. The van der Waals surface area contributed by atoms with Gasteiger partial charge >= 0.3 is 0 Å². The van der Waals surface area contributed by atoms with Gasteiger partial charge in [-0.15, -0.1) is 0 Å². The number of aromatic nitrogens is 1. The maximum Gasteiger partial charge on any atom is 0.247 e. The largest absolute Gasteiger partial charge is 0.333 e. The first kappa shape index (κ1) is 25.1. The fraction of sp³-hybridized carbons (Fsp3) is 0.379. The number of para-hydroxylation sites is 2. The quantitative estimate of drug-likeness (QED) is 0.293. The number of hydrogen-bond acceptors (Lipinski definition) is 2. The highest BCUT2D eigenvalue weighted by molar-refractivity contribution is 6.30. The van der Waals surface area contributed by atoms with E-state index in [1.807, 2.05) is 65.7 Å². The second-order valence-corrected chi connectivity index (χ2v) is 9.57. The van der Waals surface area contributed by atoms with Gasteiger partial charge in [-0.05, 0) is 54.8 Å². The fourth-order valence-corrected chi connectivity index (χ4v) is 4.91. The maximum absolute atomic E-state index is 14.0. The second-order valence-electron chi connectivity index (χ2n) is 9.14. The van der Waals surface area contributed by atoms with E-state index < -0.39 is 0 Å². The van der Waals surface area contributed by atoms with Crippen molar-refractivity contribution in [3.05, 3.63) is 83.1 Å². The van der Waals surface area contributed by atoms with Gasteiger partial charge in [0.1, 0.15) is 12.6 Å². The topological polar surface area (TPSA) is 45.6 Å². The Balaban J connectivity index is 1.70. The van der Waals surface area contributed by atoms with Crippen molar-refractivity contribution in [2.75, 3.05) is 18.0 Å². The van der Waals surface area contributed by atoms with Crippen LogP contribution in [0.3, 0.4) is 0 Å². The molecule has 1 atom stereocenters. The molecule has 0 fully saturated rings. The Bertz CT molecular complexity index is 1150. The number of amides is 2. The van der Waals surface area contributed by atoms with Crippen LogP contribution < -0.4 is 4.90 Å². The van der Waals surface area contributed by atoms with Crippen LogP contribution in [0.4, 0.5) is 5.69 Å². The number of unbranched alkanes of at least 4 members (excludes halogenated alkanes) is 3. The minimum atomic E-state index is -0.312. The van der Waals surface area contributed by atoms with Crippen molar-refractivity contribution in [1.29, 1.82) is 0 Å². The van der Waals surface area contributed by atoms with E-state index in [0.717, 1.165) is 54.7 Å². The van der Waals surface area contributed by atoms with E-state index in [-0.39, 0.29) is 24.4 Å². The molecule has 0 aliphatic carbocycles. The Morgan fingerprint density at radius 1 is 0.886 bits per heavy atom. The molecule has 2 heterocycles. The highest BCUT2D eigenvalue weighted by atomic mass is 35.5. The summed E-state index contributed by atoms with van der Waals surface area (Å²) in [5.41, 5.74) is 3.79. The third kappa shape index (κ3) is 5.46. The van der Waals surface area contributed by atoms with Crippen molar-refractivity contribution in [2.45, 2.75) is 58.4 Å². The third-order valence-corrected chi connectivity index (χ3v) is 6.88. The first-order valence-corrected chi connectivity index (χ1v) is 13.0. The Morgan fingerprint density at radius 2 is 1.60 bits per heavy atom. The van der Waals surface area contributed by atoms with E-state index in [0.29, 0.717) is 18.0 Å². The minimum Gasteiger partial charge on any atom is -0.333 e. The van der Waals surface area contributed by atoms with Crippen LogP contribution >= 0.6 is 11.6 Å². The summed E-state index contributed by atoms with van der Waals surface area (Å²) in [5, 5.41) is 0.654. The molecule has 1 aliphatic heterocycles. The van der Waals surface area contributed by atoms with Crippen molar-refractivity contribution < 1.29 is 9.59 Å². The van der Waals surface area contributed by atoms with Crippen LogP contribution in [0.25, 0.3) is 5.69 Å². The third-order valence-electron chi connectivity index (χ3n) is 6.63. The van der Waals surface area contributed by atoms with E-state index in [4.69, 9.17) is 11.6 Å². The average molecular weight is 492 g/mol. The molecule has 0 N–H and O–H groups in total. The Hall–Kier alpha value is -3.05. The lowest BCUT2D eigenvalue weighted by molar-refractivity contribution is -0.135. The molecule has 6 heteroatoms. The van der Waals surface area contributed by atoms with Crippen molar-refractivity contribution in [2.24, 2.45) is 0 Å². The van der Waals surface area contributed by atoms with E-state index in [1.165, 1.54) is 0 Å². The highest BCUT2D eigenvalue weighted by Crippen LogP contribution is 2.42. The van der Waals surface area contributed by atoms with Crippen LogP contribution in [0.1, 0.15) is 69.7 Å². The van der Waals surface area contributed by atoms with Crippen LogP contribution in [-0.4, -0.2) is 34.4 Å². The molecule has 3 aromatic rings. The first-order valence-electron chi connectivity index (χ1n) is 12.7. The van der Waals surface area contributed by atoms with Gasteiger partial charge in [0, 0.05) is 24.2 Å². The van der Waals surface area contributed by atoms with Gasteiger partial charge in [0.25, 0.3) is 0 Å². The summed E-state index contributed by atoms with van der Waals surface area (Å²) in [5.74, 6) is -0.0123. The average Bonchev–Trinajstić information content (AvgIpc) is 3.36. The molecule has 35 heavy (non-hydrogen) atoms. The lowest BCUT2D eigenvalue weighted by atomic mass is 9.97. The number of benzene rings is 2. The number of halogens is 1. The van der Waals surface area contributed by atoms with Crippen LogP contribution in [0, 0.1) is 0 Å². The summed E-state index contributed by atoms with van der Waals surface area (Å²) in [4.78, 5) is 30.7. The fourth-order valence-electron chi connectivity index (χ4n) is 4.79. The van der Waals surface area contributed by atoms with E-state index in [2.05, 4.69) is 24.5 Å². The molecule has 1 aromatic heterocycles. The summed E-state index contributed by atoms with van der Waals surface area (Å²) in [7, 11) is 0. The number of hydrogen-bond donors (Lipinski definition) is 0. The molecule has 2 amide bonds. The van der Waals surface area contributed by atoms with Crippen LogP contribution in [0.5, 0.6) is 0 Å². The normalized spacial score (nSPS) is 14.4. The van der Waals surface area contributed by atoms with Crippen LogP contribution in [0.15, 0.2) is 66.9 Å². The Kier molecular flexibility index (Phi) is 8.29. The molecule has 0 radical (unpaired) electrons. The maximum atomic E-state index is 14.0. The molecule has 0 spiro atoms. The molecule has 5 nitrogen and oxygen atoms in total. The van der Waals surface area contributed by atoms with Gasteiger partial charge < -0.3 is 9.47 Å². The van der Waals surface area contributed by atoms with Crippen molar-refractivity contribution in [1.82, 2.24) is 9.47 Å². The number of anilines is 1. The number of rotatable bonds is 10. The molecule has 1 aliphatic rings. The lowest BCUT2D eigenvalue weighted by Crippen LogP contribution is -2.47. The zero-order valence-electron chi connectivity index (χ0n) is 20.6. The summed E-state index contributed by atoms with van der Waals surface area (Å²) in [6, 6.07) is 19.4. The molecule has 184 valence electrons. The van der Waals surface area contributed by atoms with Gasteiger partial charge in [-0.3, -0.25) is 14.5 Å². The van der Waals surface area contributed by atoms with Crippen molar-refractivity contribution in [3.63, 3.8) is 0 Å². The summed E-state index contributed by atoms with van der Waals surface area (Å²) in [6.45, 7) is 4.91. The van der Waals surface area contributed by atoms with Gasteiger partial charge in [-0.2, -0.15) is 0 Å². The second kappa shape index (κ2) is 11.6. The molecule has 2 aromatic carbocycles. The highest BCUT2D eigenvalue weighted by Gasteiger charge is 2.36. The standard InChI is InChI=1S/C29H34ClN3O2/c1-3-5-7-14-27(34)31(19-6-4-2)21-28(35)33-25-12-9-8-11-24(25)32-20-10-13-26(32)29(33)22-15-17-23(30)18-16-22/h8-13,15-18,20,29H,3-7,14,19,21H2,1-2H3. The van der Waals surface area contributed by atoms with E-state index in [9.17, 15) is 9.59 Å². The molecular weight excluding hydrogens is 458 g/mol. The Morgan fingerprint density at radius 3 is 2.31 bits per heavy atom. The SMILES string of the molecule is CCCCCC(=O)N(CCCC)CC(=O)N1c2ccccc2-n2cccc2C1c1ccc(Cl)cc1. The zero-order chi connectivity index (χ0) is 24.8. The van der Waals surface area contributed by atoms with Gasteiger partial charge in [0.05, 0.1) is 17.1 Å².